The minimum Gasteiger partial charge on any atom is -0.353 e. The molecule has 1 aromatic rings. The Hall–Kier alpha value is -2.88. The van der Waals surface area contributed by atoms with Gasteiger partial charge in [-0.1, -0.05) is 77.4 Å². The number of nitrogens with two attached hydrogens (primary N) is 1. The number of likely N-dealkylation sites (tertiary alicyclic amines) is 1. The van der Waals surface area contributed by atoms with Crippen LogP contribution in [-0.2, 0) is 41.0 Å². The van der Waals surface area contributed by atoms with Crippen molar-refractivity contribution in [1.29, 1.82) is 0 Å². The highest BCUT2D eigenvalue weighted by molar-refractivity contribution is 7.79. The van der Waals surface area contributed by atoms with E-state index in [0.717, 1.165) is 56.2 Å². The smallest absolute Gasteiger partial charge is 0.315 e. The number of carbonyl (C=O) groups is 5. The number of carbonyl (C=O) groups excluding carboxylic acids is 5. The summed E-state index contributed by atoms with van der Waals surface area (Å²) >= 11 is -1.00. The Morgan fingerprint density at radius 3 is 2.33 bits per heavy atom. The van der Waals surface area contributed by atoms with Crippen molar-refractivity contribution < 1.29 is 38.1 Å². The second-order valence-corrected chi connectivity index (χ2v) is 19.1. The summed E-state index contributed by atoms with van der Waals surface area (Å²) in [5, 5.41) is 15.3. The number of piperidine rings is 1. The number of thiophene rings is 1. The molecule has 2 unspecified atom stereocenters. The van der Waals surface area contributed by atoms with Crippen LogP contribution in [0.25, 0.3) is 0 Å². The van der Waals surface area contributed by atoms with Gasteiger partial charge in [-0.3, -0.25) is 19.2 Å². The van der Waals surface area contributed by atoms with Crippen LogP contribution >= 0.6 is 11.3 Å². The van der Waals surface area contributed by atoms with Crippen LogP contribution in [0.2, 0.25) is 0 Å². The third-order valence-electron chi connectivity index (χ3n) is 12.3. The number of thiol groups is 1. The third-order valence-corrected chi connectivity index (χ3v) is 14.2. The SMILES string of the molecule is CNC(=O)C(=O)C(CC1CCC1)NC(=O)[C@@H]1[C@@H]2[C@H](CN1C(=O)[C@@H](NC(=O)N[C@H](C[NH2+]Cc1sccc1[SH+](=O)O)C(C)(C)C)C1CCCCC1)C2(C)C. The Morgan fingerprint density at radius 2 is 1.73 bits per heavy atom. The van der Waals surface area contributed by atoms with Gasteiger partial charge in [0.1, 0.15) is 23.5 Å². The number of Topliss-reactive ketones (excluding diaryl/α,β-unsaturated/α-hetero) is 1. The first-order chi connectivity index (χ1) is 24.5. The van der Waals surface area contributed by atoms with Crippen LogP contribution in [0.5, 0.6) is 0 Å². The van der Waals surface area contributed by atoms with Crippen molar-refractivity contribution in [1.82, 2.24) is 26.2 Å². The Labute approximate surface area is 314 Å². The molecule has 0 spiro atoms. The minimum atomic E-state index is -2.43. The van der Waals surface area contributed by atoms with Crippen LogP contribution in [0.15, 0.2) is 16.3 Å². The van der Waals surface area contributed by atoms with E-state index >= 15 is 0 Å². The van der Waals surface area contributed by atoms with E-state index < -0.39 is 52.8 Å². The molecule has 1 aromatic heterocycles. The first-order valence-corrected chi connectivity index (χ1v) is 21.1. The Morgan fingerprint density at radius 1 is 1.04 bits per heavy atom. The van der Waals surface area contributed by atoms with Crippen molar-refractivity contribution >= 4 is 52.0 Å². The lowest BCUT2D eigenvalue weighted by molar-refractivity contribution is -0.673. The molecule has 4 fully saturated rings. The number of nitrogens with one attached hydrogen (secondary N) is 4. The molecule has 15 heteroatoms. The number of hydrogen-bond donors (Lipinski definition) is 6. The number of urea groups is 1. The number of amides is 5. The quantitative estimate of drug-likeness (QED) is 0.0899. The molecule has 3 saturated carbocycles. The summed E-state index contributed by atoms with van der Waals surface area (Å²) in [7, 11) is 1.40. The molecule has 0 bridgehead atoms. The van der Waals surface area contributed by atoms with E-state index in [1.54, 1.807) is 16.3 Å². The molecule has 5 rings (SSSR count). The van der Waals surface area contributed by atoms with Crippen LogP contribution < -0.4 is 26.6 Å². The fraction of sp³-hybridized carbons (Fsp3) is 0.757. The summed E-state index contributed by atoms with van der Waals surface area (Å²) < 4.78 is 21.4. The van der Waals surface area contributed by atoms with Crippen molar-refractivity contribution in [3.63, 3.8) is 0 Å². The molecule has 13 nitrogen and oxygen atoms in total. The topological polar surface area (TPSA) is 191 Å². The number of ketones is 1. The Kier molecular flexibility index (Phi) is 12.9. The highest BCUT2D eigenvalue weighted by atomic mass is 32.2. The number of likely N-dealkylation sites (N-methyl/N-ethyl adjacent to an activating group) is 1. The van der Waals surface area contributed by atoms with Crippen molar-refractivity contribution in [3.05, 3.63) is 16.3 Å². The van der Waals surface area contributed by atoms with Crippen LogP contribution in [0.3, 0.4) is 0 Å². The zero-order valence-corrected chi connectivity index (χ0v) is 33.2. The predicted molar refractivity (Wildman–Crippen MR) is 200 cm³/mol. The number of rotatable bonds is 15. The Bertz CT molecular complexity index is 1520. The molecule has 7 N–H and O–H groups in total. The standard InChI is InChI=1S/C37H58N6O7S2/c1-36(2,3)27(19-39-18-25-26(52(49)50)15-16-51-25)41-35(48)42-29(22-13-8-7-9-14-22)34(47)43-20-23-28(37(23,4)5)30(43)32(45)40-24(17-21-11-10-12-21)31(44)33(46)38-6/h15-16,21-24,27-30,39H,7-14,17-20H2,1-6H3,(H,38,46)(H,40,45)(H,49,50)(H2,41,42,48)/p+2/t23-,24?,27+,28-,29-,30-/m0/s1. The van der Waals surface area contributed by atoms with Gasteiger partial charge in [0.2, 0.25) is 33.6 Å². The monoisotopic (exact) mass is 764 g/mol. The highest BCUT2D eigenvalue weighted by Gasteiger charge is 2.69. The van der Waals surface area contributed by atoms with Gasteiger partial charge in [0, 0.05) is 19.7 Å². The van der Waals surface area contributed by atoms with Crippen molar-refractivity contribution in [3.8, 4) is 0 Å². The van der Waals surface area contributed by atoms with E-state index in [4.69, 9.17) is 0 Å². The van der Waals surface area contributed by atoms with E-state index in [2.05, 4.69) is 35.1 Å². The van der Waals surface area contributed by atoms with Crippen LogP contribution in [0.4, 0.5) is 4.79 Å². The van der Waals surface area contributed by atoms with E-state index in [-0.39, 0.29) is 46.5 Å². The fourth-order valence-corrected chi connectivity index (χ4v) is 10.5. The van der Waals surface area contributed by atoms with Crippen LogP contribution in [0.1, 0.15) is 97.3 Å². The molecule has 1 saturated heterocycles. The molecule has 5 amide bonds. The number of nitrogens with zero attached hydrogens (tertiary/aromatic N) is 1. The first kappa shape index (κ1) is 40.3. The maximum Gasteiger partial charge on any atom is 0.315 e. The number of quaternary nitrogens is 1. The summed E-state index contributed by atoms with van der Waals surface area (Å²) in [6.45, 7) is 11.7. The van der Waals surface area contributed by atoms with Gasteiger partial charge in [-0.05, 0) is 59.1 Å². The van der Waals surface area contributed by atoms with Crippen molar-refractivity contribution in [2.24, 2.45) is 34.5 Å². The molecule has 0 radical (unpaired) electrons. The lowest BCUT2D eigenvalue weighted by atomic mass is 9.80. The van der Waals surface area contributed by atoms with Gasteiger partial charge >= 0.3 is 6.03 Å². The fourth-order valence-electron chi connectivity index (χ4n) is 8.68. The summed E-state index contributed by atoms with van der Waals surface area (Å²) in [5.41, 5.74) is -0.489. The molecule has 3 aliphatic carbocycles. The molecule has 1 aliphatic heterocycles. The summed E-state index contributed by atoms with van der Waals surface area (Å²) in [6, 6.07) is -1.66. The van der Waals surface area contributed by atoms with E-state index in [9.17, 15) is 32.7 Å². The molecule has 0 aromatic carbocycles. The third kappa shape index (κ3) is 9.07. The molecule has 7 atom stereocenters. The maximum absolute atomic E-state index is 14.7. The van der Waals surface area contributed by atoms with Gasteiger partial charge in [-0.25, -0.2) is 4.79 Å². The summed E-state index contributed by atoms with van der Waals surface area (Å²) in [6.07, 6.45) is 7.90. The van der Waals surface area contributed by atoms with Gasteiger partial charge in [0.05, 0.1) is 18.6 Å². The minimum absolute atomic E-state index is 0.0841. The summed E-state index contributed by atoms with van der Waals surface area (Å²) in [4.78, 5) is 71.1. The second-order valence-electron chi connectivity index (χ2n) is 17.1. The summed E-state index contributed by atoms with van der Waals surface area (Å²) in [5.74, 6) is -1.91. The molecule has 4 aliphatic rings. The average Bonchev–Trinajstić information content (AvgIpc) is 3.47. The Balaban J connectivity index is 1.31. The number of fused-ring (bicyclic) bond motifs is 1. The first-order valence-electron chi connectivity index (χ1n) is 19.0. The van der Waals surface area contributed by atoms with Gasteiger partial charge in [-0.15, -0.1) is 11.3 Å². The number of hydrogen-bond acceptors (Lipinski definition) is 7. The van der Waals surface area contributed by atoms with Gasteiger partial charge in [0.15, 0.2) is 0 Å². The largest absolute Gasteiger partial charge is 0.353 e. The van der Waals surface area contributed by atoms with Crippen molar-refractivity contribution in [2.75, 3.05) is 20.1 Å². The normalized spacial score (nSPS) is 25.1. The lowest BCUT2D eigenvalue weighted by Crippen LogP contribution is -2.86. The predicted octanol–water partition coefficient (Wildman–Crippen LogP) is 2.48. The molecular weight excluding hydrogens is 705 g/mol. The highest BCUT2D eigenvalue weighted by Crippen LogP contribution is 2.65. The molecule has 290 valence electrons. The zero-order chi connectivity index (χ0) is 38.0. The van der Waals surface area contributed by atoms with Crippen molar-refractivity contribution in [2.45, 2.75) is 128 Å². The molecule has 52 heavy (non-hydrogen) atoms. The van der Waals surface area contributed by atoms with E-state index in [1.807, 2.05) is 26.1 Å². The van der Waals surface area contributed by atoms with Gasteiger partial charge in [-0.2, -0.15) is 4.55 Å². The van der Waals surface area contributed by atoms with Gasteiger partial charge < -0.3 is 31.5 Å². The molecular formula is C37H60N6O7S2+2. The van der Waals surface area contributed by atoms with Gasteiger partial charge in [0.25, 0.3) is 5.91 Å². The average molecular weight is 765 g/mol. The van der Waals surface area contributed by atoms with E-state index in [0.29, 0.717) is 31.0 Å². The molecule has 2 heterocycles. The maximum atomic E-state index is 14.7. The second kappa shape index (κ2) is 16.6. The lowest BCUT2D eigenvalue weighted by Gasteiger charge is -2.38. The zero-order valence-electron chi connectivity index (χ0n) is 31.5. The van der Waals surface area contributed by atoms with Crippen LogP contribution in [-0.4, -0.2) is 83.3 Å². The van der Waals surface area contributed by atoms with Crippen LogP contribution in [0, 0.1) is 34.5 Å². The van der Waals surface area contributed by atoms with E-state index in [1.165, 1.54) is 18.4 Å².